The topological polar surface area (TPSA) is 81.1 Å². The Morgan fingerprint density at radius 2 is 1.83 bits per heavy atom. The van der Waals surface area contributed by atoms with Gasteiger partial charge in [0.15, 0.2) is 0 Å². The third-order valence-corrected chi connectivity index (χ3v) is 4.54. The van der Waals surface area contributed by atoms with Crippen molar-refractivity contribution in [2.24, 2.45) is 0 Å². The van der Waals surface area contributed by atoms with Crippen LogP contribution in [0.5, 0.6) is 5.75 Å². The van der Waals surface area contributed by atoms with Crippen LogP contribution in [0.1, 0.15) is 42.4 Å². The van der Waals surface area contributed by atoms with Crippen molar-refractivity contribution in [3.63, 3.8) is 0 Å². The zero-order valence-electron chi connectivity index (χ0n) is 17.6. The fourth-order valence-corrected chi connectivity index (χ4v) is 2.98. The minimum Gasteiger partial charge on any atom is -0.494 e. The van der Waals surface area contributed by atoms with Gasteiger partial charge < -0.3 is 19.9 Å². The third-order valence-electron chi connectivity index (χ3n) is 4.54. The van der Waals surface area contributed by atoms with Crippen molar-refractivity contribution < 1.29 is 9.53 Å². The highest BCUT2D eigenvalue weighted by Crippen LogP contribution is 2.13. The molecule has 0 spiro atoms. The lowest BCUT2D eigenvalue weighted by Crippen LogP contribution is -2.28. The summed E-state index contributed by atoms with van der Waals surface area (Å²) in [7, 11) is 0. The second-order valence-electron chi connectivity index (χ2n) is 7.01. The molecule has 0 unspecified atom stereocenters. The maximum absolute atomic E-state index is 12.3. The molecule has 0 atom stereocenters. The van der Waals surface area contributed by atoms with Crippen molar-refractivity contribution in [2.45, 2.75) is 33.1 Å². The van der Waals surface area contributed by atoms with E-state index in [1.165, 1.54) is 6.42 Å². The summed E-state index contributed by atoms with van der Waals surface area (Å²) in [6, 6.07) is 13.0. The van der Waals surface area contributed by atoms with Crippen LogP contribution in [0.2, 0.25) is 0 Å². The number of amides is 1. The molecule has 2 heterocycles. The van der Waals surface area contributed by atoms with E-state index in [2.05, 4.69) is 27.5 Å². The first-order chi connectivity index (χ1) is 14.7. The fourth-order valence-electron chi connectivity index (χ4n) is 2.98. The number of rotatable bonds is 11. The summed E-state index contributed by atoms with van der Waals surface area (Å²) in [5.41, 5.74) is 0.615. The van der Waals surface area contributed by atoms with Crippen LogP contribution in [0.3, 0.4) is 0 Å². The van der Waals surface area contributed by atoms with E-state index >= 15 is 0 Å². The maximum atomic E-state index is 12.3. The van der Waals surface area contributed by atoms with Gasteiger partial charge in [0.05, 0.1) is 6.61 Å². The van der Waals surface area contributed by atoms with E-state index < -0.39 is 0 Å². The summed E-state index contributed by atoms with van der Waals surface area (Å²) < 4.78 is 7.61. The number of nitrogens with zero attached hydrogens (tertiary/aromatic N) is 3. The predicted molar refractivity (Wildman–Crippen MR) is 118 cm³/mol. The van der Waals surface area contributed by atoms with E-state index in [-0.39, 0.29) is 5.91 Å². The monoisotopic (exact) mass is 407 g/mol. The van der Waals surface area contributed by atoms with Gasteiger partial charge >= 0.3 is 0 Å². The number of benzene rings is 1. The number of anilines is 1. The van der Waals surface area contributed by atoms with Crippen LogP contribution in [0.4, 0.5) is 5.82 Å². The molecule has 2 N–H and O–H groups in total. The number of hydrogen-bond donors (Lipinski definition) is 2. The van der Waals surface area contributed by atoms with Crippen LogP contribution in [0.25, 0.3) is 5.82 Å². The van der Waals surface area contributed by atoms with Crippen LogP contribution >= 0.6 is 0 Å². The largest absolute Gasteiger partial charge is 0.494 e. The van der Waals surface area contributed by atoms with Crippen LogP contribution in [0.15, 0.2) is 54.9 Å². The quantitative estimate of drug-likeness (QED) is 0.470. The Labute approximate surface area is 177 Å². The van der Waals surface area contributed by atoms with Gasteiger partial charge in [0.1, 0.15) is 23.2 Å². The molecule has 0 fully saturated rings. The summed E-state index contributed by atoms with van der Waals surface area (Å²) in [4.78, 5) is 21.2. The highest BCUT2D eigenvalue weighted by atomic mass is 16.5. The van der Waals surface area contributed by atoms with E-state index in [9.17, 15) is 4.79 Å². The van der Waals surface area contributed by atoms with Gasteiger partial charge in [-0.05, 0) is 49.7 Å². The standard InChI is InChI=1S/C23H29N5O2/c1-3-4-7-16-30-20-10-8-19(9-11-20)23(29)25-13-12-24-21-17-22(27-18(2)26-21)28-14-5-6-15-28/h5-6,8-11,14-15,17H,3-4,7,12-13,16H2,1-2H3,(H,25,29)(H,24,26,27). The molecule has 3 rings (SSSR count). The van der Waals surface area contributed by atoms with Gasteiger partial charge in [0.25, 0.3) is 5.91 Å². The van der Waals surface area contributed by atoms with Gasteiger partial charge in [-0.2, -0.15) is 0 Å². The molecule has 2 aromatic heterocycles. The first-order valence-corrected chi connectivity index (χ1v) is 10.4. The molecule has 0 saturated carbocycles. The first-order valence-electron chi connectivity index (χ1n) is 10.4. The van der Waals surface area contributed by atoms with Crippen molar-refractivity contribution >= 4 is 11.7 Å². The zero-order valence-corrected chi connectivity index (χ0v) is 17.6. The maximum Gasteiger partial charge on any atom is 0.251 e. The highest BCUT2D eigenvalue weighted by molar-refractivity contribution is 5.94. The Hall–Kier alpha value is -3.35. The number of hydrogen-bond acceptors (Lipinski definition) is 5. The van der Waals surface area contributed by atoms with Crippen molar-refractivity contribution in [3.05, 3.63) is 66.2 Å². The molecule has 7 nitrogen and oxygen atoms in total. The molecule has 158 valence electrons. The van der Waals surface area contributed by atoms with Gasteiger partial charge in [-0.25, -0.2) is 9.97 Å². The number of ether oxygens (including phenoxy) is 1. The van der Waals surface area contributed by atoms with Crippen molar-refractivity contribution in [2.75, 3.05) is 25.0 Å². The zero-order chi connectivity index (χ0) is 21.2. The van der Waals surface area contributed by atoms with Gasteiger partial charge in [-0.1, -0.05) is 19.8 Å². The lowest BCUT2D eigenvalue weighted by Gasteiger charge is -2.10. The van der Waals surface area contributed by atoms with Gasteiger partial charge in [-0.15, -0.1) is 0 Å². The van der Waals surface area contributed by atoms with Crippen LogP contribution in [-0.2, 0) is 0 Å². The molecule has 0 saturated heterocycles. The van der Waals surface area contributed by atoms with E-state index in [0.717, 1.165) is 30.2 Å². The highest BCUT2D eigenvalue weighted by Gasteiger charge is 2.06. The SMILES string of the molecule is CCCCCOc1ccc(C(=O)NCCNc2cc(-n3cccc3)nc(C)n2)cc1. The molecular formula is C23H29N5O2. The number of carbonyl (C=O) groups is 1. The lowest BCUT2D eigenvalue weighted by molar-refractivity contribution is 0.0955. The molecule has 1 aromatic carbocycles. The first kappa shape index (κ1) is 21.4. The molecule has 0 radical (unpaired) electrons. The molecule has 0 bridgehead atoms. The summed E-state index contributed by atoms with van der Waals surface area (Å²) >= 11 is 0. The number of carbonyl (C=O) groups excluding carboxylic acids is 1. The lowest BCUT2D eigenvalue weighted by atomic mass is 10.2. The van der Waals surface area contributed by atoms with Crippen LogP contribution in [-0.4, -0.2) is 40.1 Å². The van der Waals surface area contributed by atoms with Gasteiger partial charge in [0, 0.05) is 37.1 Å². The molecule has 7 heteroatoms. The van der Waals surface area contributed by atoms with Crippen LogP contribution < -0.4 is 15.4 Å². The summed E-state index contributed by atoms with van der Waals surface area (Å²) in [5.74, 6) is 2.90. The van der Waals surface area contributed by atoms with E-state index in [4.69, 9.17) is 4.74 Å². The molecular weight excluding hydrogens is 378 g/mol. The van der Waals surface area contributed by atoms with Crippen molar-refractivity contribution in [1.29, 1.82) is 0 Å². The number of aromatic nitrogens is 3. The molecule has 0 aliphatic heterocycles. The minimum atomic E-state index is -0.110. The predicted octanol–water partition coefficient (Wildman–Crippen LogP) is 3.99. The normalized spacial score (nSPS) is 10.6. The smallest absolute Gasteiger partial charge is 0.251 e. The fraction of sp³-hybridized carbons (Fsp3) is 0.348. The van der Waals surface area contributed by atoms with Gasteiger partial charge in [0.2, 0.25) is 0 Å². The summed E-state index contributed by atoms with van der Waals surface area (Å²) in [5, 5.41) is 6.15. The molecule has 1 amide bonds. The van der Waals surface area contributed by atoms with Crippen molar-refractivity contribution in [3.8, 4) is 11.6 Å². The molecule has 30 heavy (non-hydrogen) atoms. The number of aryl methyl sites for hydroxylation is 1. The number of unbranched alkanes of at least 4 members (excludes halogenated alkanes) is 2. The average molecular weight is 408 g/mol. The minimum absolute atomic E-state index is 0.110. The van der Waals surface area contributed by atoms with E-state index in [1.807, 2.05) is 54.2 Å². The molecule has 0 aliphatic rings. The molecule has 0 aliphatic carbocycles. The third kappa shape index (κ3) is 6.34. The molecule has 3 aromatic rings. The Balaban J connectivity index is 1.44. The Morgan fingerprint density at radius 1 is 1.07 bits per heavy atom. The summed E-state index contributed by atoms with van der Waals surface area (Å²) in [6.45, 7) is 5.78. The Kier molecular flexibility index (Phi) is 7.83. The van der Waals surface area contributed by atoms with E-state index in [1.54, 1.807) is 12.1 Å². The Morgan fingerprint density at radius 3 is 2.57 bits per heavy atom. The van der Waals surface area contributed by atoms with Crippen LogP contribution in [0, 0.1) is 6.92 Å². The van der Waals surface area contributed by atoms with Crippen molar-refractivity contribution in [1.82, 2.24) is 19.9 Å². The number of nitrogens with one attached hydrogen (secondary N) is 2. The second-order valence-corrected chi connectivity index (χ2v) is 7.01. The second kappa shape index (κ2) is 11.0. The Bertz CT molecular complexity index is 923. The van der Waals surface area contributed by atoms with E-state index in [0.29, 0.717) is 31.1 Å². The summed E-state index contributed by atoms with van der Waals surface area (Å²) in [6.07, 6.45) is 7.25. The average Bonchev–Trinajstić information content (AvgIpc) is 3.29. The van der Waals surface area contributed by atoms with Gasteiger partial charge in [-0.3, -0.25) is 4.79 Å².